The number of benzene rings is 9. The molecule has 0 amide bonds. The van der Waals surface area contributed by atoms with E-state index in [-0.39, 0.29) is 0 Å². The van der Waals surface area contributed by atoms with Crippen LogP contribution in [0.3, 0.4) is 0 Å². The molecule has 4 aromatic heterocycles. The van der Waals surface area contributed by atoms with Crippen LogP contribution in [0, 0.1) is 0 Å². The van der Waals surface area contributed by atoms with E-state index >= 15 is 0 Å². The Morgan fingerprint density at radius 3 is 1.35 bits per heavy atom. The van der Waals surface area contributed by atoms with E-state index in [2.05, 4.69) is 209 Å². The summed E-state index contributed by atoms with van der Waals surface area (Å²) in [6.45, 7) is 0. The molecule has 0 bridgehead atoms. The Bertz CT molecular complexity index is 3670. The fraction of sp³-hybridized carbons (Fsp3) is 0. The van der Waals surface area contributed by atoms with Gasteiger partial charge in [0.2, 0.25) is 0 Å². The molecule has 0 saturated carbocycles. The highest BCUT2D eigenvalue weighted by Gasteiger charge is 2.19. The molecule has 0 aliphatic heterocycles. The lowest BCUT2D eigenvalue weighted by Gasteiger charge is -2.16. The molecule has 0 N–H and O–H groups in total. The highest BCUT2D eigenvalue weighted by atomic mass is 16.3. The van der Waals surface area contributed by atoms with Crippen LogP contribution in [-0.2, 0) is 0 Å². The quantitative estimate of drug-likeness (QED) is 0.168. The normalized spacial score (nSPS) is 11.8. The topological polar surface area (TPSA) is 48.8 Å². The summed E-state index contributed by atoms with van der Waals surface area (Å²) in [5, 5.41) is 7.09. The summed E-state index contributed by atoms with van der Waals surface area (Å²) in [7, 11) is 0. The van der Waals surface area contributed by atoms with E-state index < -0.39 is 0 Å². The van der Waals surface area contributed by atoms with Crippen molar-refractivity contribution in [2.24, 2.45) is 0 Å². The predicted molar refractivity (Wildman–Crippen MR) is 260 cm³/mol. The van der Waals surface area contributed by atoms with Gasteiger partial charge in [-0.15, -0.1) is 0 Å². The molecular formula is C58H36N4O. The largest absolute Gasteiger partial charge is 0.455 e. The van der Waals surface area contributed by atoms with Crippen LogP contribution in [-0.4, -0.2) is 19.1 Å². The summed E-state index contributed by atoms with van der Waals surface area (Å²) < 4.78 is 11.2. The first-order valence-electron chi connectivity index (χ1n) is 21.3. The molecule has 0 aliphatic carbocycles. The van der Waals surface area contributed by atoms with Crippen molar-refractivity contribution in [2.45, 2.75) is 0 Å². The number of hydrogen-bond acceptors (Lipinski definition) is 3. The predicted octanol–water partition coefficient (Wildman–Crippen LogP) is 15.2. The van der Waals surface area contributed by atoms with Crippen molar-refractivity contribution in [1.29, 1.82) is 0 Å². The summed E-state index contributed by atoms with van der Waals surface area (Å²) in [6.07, 6.45) is 0. The zero-order valence-corrected chi connectivity index (χ0v) is 34.0. The van der Waals surface area contributed by atoms with Gasteiger partial charge in [0.15, 0.2) is 5.82 Å². The van der Waals surface area contributed by atoms with Gasteiger partial charge in [-0.3, -0.25) is 0 Å². The van der Waals surface area contributed by atoms with Crippen molar-refractivity contribution < 1.29 is 4.42 Å². The van der Waals surface area contributed by atoms with Gasteiger partial charge in [0.05, 0.1) is 33.5 Å². The van der Waals surface area contributed by atoms with E-state index in [1.54, 1.807) is 0 Å². The minimum atomic E-state index is 0.653. The first-order chi connectivity index (χ1) is 31.2. The summed E-state index contributed by atoms with van der Waals surface area (Å²) in [6, 6.07) is 77.3. The molecule has 13 aromatic rings. The molecule has 5 nitrogen and oxygen atoms in total. The smallest absolute Gasteiger partial charge is 0.160 e. The van der Waals surface area contributed by atoms with E-state index in [0.717, 1.165) is 94.6 Å². The number of aromatic nitrogens is 4. The number of rotatable bonds is 6. The Morgan fingerprint density at radius 1 is 0.317 bits per heavy atom. The molecule has 0 saturated heterocycles. The van der Waals surface area contributed by atoms with Gasteiger partial charge in [0.25, 0.3) is 0 Å². The van der Waals surface area contributed by atoms with Crippen LogP contribution in [0.5, 0.6) is 0 Å². The van der Waals surface area contributed by atoms with Crippen LogP contribution < -0.4 is 0 Å². The number of fused-ring (bicyclic) bond motifs is 9. The minimum Gasteiger partial charge on any atom is -0.455 e. The van der Waals surface area contributed by atoms with E-state index in [9.17, 15) is 0 Å². The second-order valence-electron chi connectivity index (χ2n) is 16.2. The van der Waals surface area contributed by atoms with Crippen molar-refractivity contribution >= 4 is 65.6 Å². The average molecular weight is 805 g/mol. The third-order valence-corrected chi connectivity index (χ3v) is 12.5. The first kappa shape index (κ1) is 35.2. The second kappa shape index (κ2) is 14.0. The van der Waals surface area contributed by atoms with Crippen LogP contribution in [0.4, 0.5) is 0 Å². The van der Waals surface area contributed by atoms with E-state index in [0.29, 0.717) is 5.82 Å². The number of nitrogens with zero attached hydrogens (tertiary/aromatic N) is 4. The van der Waals surface area contributed by atoms with Crippen molar-refractivity contribution in [1.82, 2.24) is 19.1 Å². The van der Waals surface area contributed by atoms with Crippen LogP contribution in [0.25, 0.3) is 122 Å². The van der Waals surface area contributed by atoms with Crippen molar-refractivity contribution in [3.63, 3.8) is 0 Å². The maximum absolute atomic E-state index is 6.42. The van der Waals surface area contributed by atoms with Gasteiger partial charge in [-0.1, -0.05) is 164 Å². The average Bonchev–Trinajstić information content (AvgIpc) is 4.02. The zero-order chi connectivity index (χ0) is 41.4. The molecule has 0 radical (unpaired) electrons. The molecule has 9 aromatic carbocycles. The number of para-hydroxylation sites is 6. The lowest BCUT2D eigenvalue weighted by atomic mass is 10.0. The Balaban J connectivity index is 1.04. The van der Waals surface area contributed by atoms with Crippen molar-refractivity contribution in [3.8, 4) is 56.4 Å². The summed E-state index contributed by atoms with van der Waals surface area (Å²) in [5.41, 5.74) is 15.2. The molecule has 5 heteroatoms. The van der Waals surface area contributed by atoms with Crippen LogP contribution in [0.15, 0.2) is 223 Å². The van der Waals surface area contributed by atoms with E-state index in [4.69, 9.17) is 14.4 Å². The Morgan fingerprint density at radius 2 is 0.778 bits per heavy atom. The molecule has 0 fully saturated rings. The van der Waals surface area contributed by atoms with Gasteiger partial charge < -0.3 is 13.6 Å². The Labute approximate surface area is 362 Å². The van der Waals surface area contributed by atoms with Crippen LogP contribution in [0.2, 0.25) is 0 Å². The lowest BCUT2D eigenvalue weighted by Crippen LogP contribution is -2.01. The maximum atomic E-state index is 6.42. The van der Waals surface area contributed by atoms with Gasteiger partial charge in [-0.05, 0) is 60.2 Å². The Kier molecular flexibility index (Phi) is 7.84. The highest BCUT2D eigenvalue weighted by molar-refractivity contribution is 6.11. The van der Waals surface area contributed by atoms with E-state index in [1.165, 1.54) is 21.5 Å². The number of hydrogen-bond donors (Lipinski definition) is 0. The molecule has 0 spiro atoms. The van der Waals surface area contributed by atoms with Gasteiger partial charge in [-0.2, -0.15) is 0 Å². The summed E-state index contributed by atoms with van der Waals surface area (Å²) >= 11 is 0. The molecule has 294 valence electrons. The summed E-state index contributed by atoms with van der Waals surface area (Å²) in [5.74, 6) is 0.653. The van der Waals surface area contributed by atoms with Crippen LogP contribution >= 0.6 is 0 Å². The molecule has 0 aliphatic rings. The standard InChI is InChI=1S/C58H36N4O/c1-2-15-38(16-3-1)50-36-51(60-58(59-50)39-31-29-37(30-32-39)43-22-14-23-49-48-21-8-13-28-56(48)63-57(43)49)40-33-41(61-52-24-9-4-17-44(52)45-18-5-10-25-53(45)61)35-42(34-40)62-54-26-11-6-19-46(54)47-20-7-12-27-55(47)62/h1-36H. The lowest BCUT2D eigenvalue weighted by molar-refractivity contribution is 0.670. The van der Waals surface area contributed by atoms with Gasteiger partial charge in [-0.25, -0.2) is 9.97 Å². The third kappa shape index (κ3) is 5.64. The SMILES string of the molecule is c1ccc(-c2cc(-c3cc(-n4c5ccccc5c5ccccc54)cc(-n4c5ccccc5c5ccccc54)c3)nc(-c3ccc(-c4cccc5c4oc4ccccc45)cc3)n2)cc1. The van der Waals surface area contributed by atoms with E-state index in [1.807, 2.05) is 18.2 Å². The van der Waals surface area contributed by atoms with Crippen molar-refractivity contribution in [2.75, 3.05) is 0 Å². The molecule has 13 rings (SSSR count). The van der Waals surface area contributed by atoms with Gasteiger partial charge in [0, 0.05) is 65.9 Å². The monoisotopic (exact) mass is 804 g/mol. The molecular weight excluding hydrogens is 769 g/mol. The minimum absolute atomic E-state index is 0.653. The molecule has 4 heterocycles. The molecule has 63 heavy (non-hydrogen) atoms. The Hall–Kier alpha value is -8.54. The van der Waals surface area contributed by atoms with Crippen molar-refractivity contribution in [3.05, 3.63) is 218 Å². The maximum Gasteiger partial charge on any atom is 0.160 e. The highest BCUT2D eigenvalue weighted by Crippen LogP contribution is 2.40. The first-order valence-corrected chi connectivity index (χ1v) is 21.3. The van der Waals surface area contributed by atoms with Gasteiger partial charge in [0.1, 0.15) is 11.2 Å². The fourth-order valence-electron chi connectivity index (χ4n) is 9.66. The number of furan rings is 1. The van der Waals surface area contributed by atoms with Gasteiger partial charge >= 0.3 is 0 Å². The second-order valence-corrected chi connectivity index (χ2v) is 16.2. The zero-order valence-electron chi connectivity index (χ0n) is 34.0. The fourth-order valence-corrected chi connectivity index (χ4v) is 9.66. The third-order valence-electron chi connectivity index (χ3n) is 12.5. The molecule has 0 atom stereocenters. The summed E-state index contributed by atoms with van der Waals surface area (Å²) in [4.78, 5) is 10.7. The van der Waals surface area contributed by atoms with Crippen LogP contribution in [0.1, 0.15) is 0 Å². The molecule has 0 unspecified atom stereocenters.